The second kappa shape index (κ2) is 15.8. The molecule has 0 heterocycles. The van der Waals surface area contributed by atoms with Crippen LogP contribution >= 0.6 is 0 Å². The minimum atomic E-state index is -1.52. The zero-order valence-corrected chi connectivity index (χ0v) is 35.8. The molecule has 1 N–H and O–H groups in total. The Labute approximate surface area is 360 Å². The molecule has 292 valence electrons. The lowest BCUT2D eigenvalue weighted by atomic mass is 9.35. The molecule has 0 radical (unpaired) electrons. The predicted molar refractivity (Wildman–Crippen MR) is 267 cm³/mol. The second-order valence-electron chi connectivity index (χ2n) is 17.0. The molecule has 0 spiro atoms. The van der Waals surface area contributed by atoms with Gasteiger partial charge in [0.15, 0.2) is 0 Å². The molecule has 61 heavy (non-hydrogen) atoms. The fourth-order valence-electron chi connectivity index (χ4n) is 9.27. The van der Waals surface area contributed by atoms with Crippen molar-refractivity contribution in [3.05, 3.63) is 218 Å². The number of phenolic OH excluding ortho intramolecular Hbond substituents is 1. The van der Waals surface area contributed by atoms with Gasteiger partial charge in [0, 0.05) is 28.6 Å². The van der Waals surface area contributed by atoms with Crippen LogP contribution in [0, 0.1) is 0 Å². The minimum absolute atomic E-state index is 0.0438. The molecule has 0 unspecified atom stereocenters. The minimum Gasteiger partial charge on any atom is -0.507 e. The lowest BCUT2D eigenvalue weighted by Crippen LogP contribution is -2.52. The molecule has 0 aliphatic heterocycles. The Kier molecular flexibility index (Phi) is 9.87. The predicted octanol–water partition coefficient (Wildman–Crippen LogP) is 12.7. The highest BCUT2D eigenvalue weighted by atomic mass is 28.3. The first-order valence-electron chi connectivity index (χ1n) is 21.2. The lowest BCUT2D eigenvalue weighted by molar-refractivity contribution is 0.477. The van der Waals surface area contributed by atoms with Crippen LogP contribution in [0.3, 0.4) is 0 Å². The van der Waals surface area contributed by atoms with Crippen molar-refractivity contribution in [2.24, 2.45) is 0 Å². The van der Waals surface area contributed by atoms with Gasteiger partial charge in [-0.15, -0.1) is 0 Å². The highest BCUT2D eigenvalue weighted by Crippen LogP contribution is 2.44. The summed E-state index contributed by atoms with van der Waals surface area (Å²) >= 11 is 0. The summed E-state index contributed by atoms with van der Waals surface area (Å²) in [5.41, 5.74) is 10.8. The summed E-state index contributed by atoms with van der Waals surface area (Å²) in [5.74, 6) is 0.232. The molecule has 2 nitrogen and oxygen atoms in total. The maximum absolute atomic E-state index is 12.2. The van der Waals surface area contributed by atoms with Gasteiger partial charge < -0.3 is 10.0 Å². The first kappa shape index (κ1) is 38.1. The fourth-order valence-corrected chi connectivity index (χ4v) is 10.4. The summed E-state index contributed by atoms with van der Waals surface area (Å²) in [6, 6.07) is 78.3. The highest BCUT2D eigenvalue weighted by Gasteiger charge is 2.28. The molecule has 10 rings (SSSR count). The number of hydrogen-bond donors (Lipinski definition) is 1. The third-order valence-corrected chi connectivity index (χ3v) is 14.4. The summed E-state index contributed by atoms with van der Waals surface area (Å²) in [6.07, 6.45) is 0. The Morgan fingerprint density at radius 2 is 0.902 bits per heavy atom. The van der Waals surface area contributed by atoms with Gasteiger partial charge in [0.25, 0.3) is 0 Å². The van der Waals surface area contributed by atoms with Gasteiger partial charge in [0.2, 0.25) is 6.71 Å². The molecule has 0 saturated heterocycles. The number of anilines is 3. The molecule has 10 aromatic carbocycles. The monoisotopic (exact) mass is 799 g/mol. The first-order valence-corrected chi connectivity index (χ1v) is 24.7. The summed E-state index contributed by atoms with van der Waals surface area (Å²) < 4.78 is 0. The molecule has 0 bridgehead atoms. The topological polar surface area (TPSA) is 23.5 Å². The van der Waals surface area contributed by atoms with Gasteiger partial charge in [0.05, 0.1) is 13.8 Å². The highest BCUT2D eigenvalue weighted by molar-refractivity contribution is 6.99. The normalized spacial score (nSPS) is 11.6. The summed E-state index contributed by atoms with van der Waals surface area (Å²) in [6.45, 7) is 7.10. The van der Waals surface area contributed by atoms with Crippen LogP contribution in [0.4, 0.5) is 17.1 Å². The third kappa shape index (κ3) is 7.09. The van der Waals surface area contributed by atoms with Gasteiger partial charge in [-0.1, -0.05) is 223 Å². The van der Waals surface area contributed by atoms with Crippen molar-refractivity contribution >= 4 is 85.7 Å². The second-order valence-corrected chi connectivity index (χ2v) is 22.1. The van der Waals surface area contributed by atoms with Crippen molar-refractivity contribution in [2.45, 2.75) is 19.6 Å². The number of para-hydroxylation sites is 1. The summed E-state index contributed by atoms with van der Waals surface area (Å²) in [4.78, 5) is 2.28. The number of hydrogen-bond acceptors (Lipinski definition) is 2. The van der Waals surface area contributed by atoms with Crippen LogP contribution in [0.2, 0.25) is 19.6 Å². The number of phenols is 1. The van der Waals surface area contributed by atoms with Crippen LogP contribution in [-0.4, -0.2) is 19.9 Å². The molecule has 0 saturated carbocycles. The molecule has 0 aliphatic rings. The van der Waals surface area contributed by atoms with Crippen LogP contribution in [0.5, 0.6) is 5.75 Å². The maximum Gasteiger partial charge on any atom is 0.243 e. The van der Waals surface area contributed by atoms with E-state index in [1.807, 2.05) is 6.07 Å². The quantitative estimate of drug-likeness (QED) is 0.147. The molecule has 0 amide bonds. The Bertz CT molecular complexity index is 3120. The lowest BCUT2D eigenvalue weighted by Gasteiger charge is -2.29. The number of fused-ring (bicyclic) bond motifs is 3. The van der Waals surface area contributed by atoms with Crippen molar-refractivity contribution < 1.29 is 5.11 Å². The molecule has 0 aliphatic carbocycles. The van der Waals surface area contributed by atoms with E-state index in [9.17, 15) is 5.11 Å². The largest absolute Gasteiger partial charge is 0.507 e. The van der Waals surface area contributed by atoms with Crippen molar-refractivity contribution in [3.8, 4) is 28.0 Å². The van der Waals surface area contributed by atoms with E-state index in [1.165, 1.54) is 43.1 Å². The average Bonchev–Trinajstić information content (AvgIpc) is 3.30. The Hall–Kier alpha value is -7.14. The Morgan fingerprint density at radius 1 is 0.393 bits per heavy atom. The molecule has 0 atom stereocenters. The average molecular weight is 800 g/mol. The van der Waals surface area contributed by atoms with E-state index in [2.05, 4.69) is 237 Å². The zero-order chi connectivity index (χ0) is 41.5. The van der Waals surface area contributed by atoms with Crippen molar-refractivity contribution in [3.63, 3.8) is 0 Å². The standard InChI is InChI=1S/C57H46BNOSi/c1-61(2,3)45-34-31-43(32-35-45)59(56-30-14-13-25-48(56)42-17-5-4-6-18-42)44-33-36-52(57(60)39-44)50-37-38-55(51-27-12-11-26-49(50)51)58(53-28-15-21-40-19-7-9-23-46(40)53)54-29-16-22-41-20-8-10-24-47(41)54/h4-39,60H,1-3H3. The molecule has 4 heteroatoms. The van der Waals surface area contributed by atoms with Gasteiger partial charge in [-0.05, 0) is 73.8 Å². The van der Waals surface area contributed by atoms with Gasteiger partial charge in [0.1, 0.15) is 5.75 Å². The van der Waals surface area contributed by atoms with Crippen molar-refractivity contribution in [2.75, 3.05) is 4.90 Å². The maximum atomic E-state index is 12.2. The van der Waals surface area contributed by atoms with Gasteiger partial charge in [-0.25, -0.2) is 0 Å². The van der Waals surface area contributed by atoms with Gasteiger partial charge in [-0.3, -0.25) is 0 Å². The van der Waals surface area contributed by atoms with Crippen molar-refractivity contribution in [1.82, 2.24) is 0 Å². The van der Waals surface area contributed by atoms with E-state index < -0.39 is 8.07 Å². The van der Waals surface area contributed by atoms with Gasteiger partial charge >= 0.3 is 0 Å². The van der Waals surface area contributed by atoms with Crippen molar-refractivity contribution in [1.29, 1.82) is 0 Å². The first-order chi connectivity index (χ1) is 29.8. The number of benzene rings is 10. The molecule has 0 fully saturated rings. The molecule has 10 aromatic rings. The van der Waals surface area contributed by atoms with E-state index in [0.717, 1.165) is 50.1 Å². The summed E-state index contributed by atoms with van der Waals surface area (Å²) in [5, 5.41) is 20.8. The van der Waals surface area contributed by atoms with E-state index in [-0.39, 0.29) is 12.5 Å². The fraction of sp³-hybridized carbons (Fsp3) is 0.0526. The van der Waals surface area contributed by atoms with E-state index in [0.29, 0.717) is 0 Å². The van der Waals surface area contributed by atoms with Crippen LogP contribution < -0.4 is 26.5 Å². The van der Waals surface area contributed by atoms with Crippen LogP contribution in [0.15, 0.2) is 218 Å². The number of nitrogens with zero attached hydrogens (tertiary/aromatic N) is 1. The van der Waals surface area contributed by atoms with Gasteiger partial charge in [-0.2, -0.15) is 0 Å². The van der Waals surface area contributed by atoms with Crippen LogP contribution in [-0.2, 0) is 0 Å². The molecule has 0 aromatic heterocycles. The van der Waals surface area contributed by atoms with E-state index in [1.54, 1.807) is 0 Å². The summed E-state index contributed by atoms with van der Waals surface area (Å²) in [7, 11) is -1.52. The Balaban J connectivity index is 1.14. The smallest absolute Gasteiger partial charge is 0.243 e. The Morgan fingerprint density at radius 3 is 1.54 bits per heavy atom. The third-order valence-electron chi connectivity index (χ3n) is 12.3. The number of rotatable bonds is 9. The van der Waals surface area contributed by atoms with E-state index in [4.69, 9.17) is 0 Å². The number of aromatic hydroxyl groups is 1. The van der Waals surface area contributed by atoms with Crippen LogP contribution in [0.1, 0.15) is 0 Å². The molecular weight excluding hydrogens is 754 g/mol. The zero-order valence-electron chi connectivity index (χ0n) is 34.8. The SMILES string of the molecule is C[Si](C)(C)c1ccc(N(c2ccc(-c3ccc(B(c4cccc5ccccc45)c4cccc5ccccc45)c4ccccc34)c(O)c2)c2ccccc2-c2ccccc2)cc1. The van der Waals surface area contributed by atoms with Crippen LogP contribution in [0.25, 0.3) is 54.6 Å². The molecular formula is C57H46BNOSi. The van der Waals surface area contributed by atoms with E-state index >= 15 is 0 Å².